The molecule has 0 amide bonds. The molecule has 1 aliphatic heterocycles. The minimum absolute atomic E-state index is 0.0312. The van der Waals surface area contributed by atoms with E-state index in [0.29, 0.717) is 11.5 Å². The second kappa shape index (κ2) is 7.46. The Morgan fingerprint density at radius 2 is 1.93 bits per heavy atom. The van der Waals surface area contributed by atoms with Crippen LogP contribution in [0.4, 0.5) is 11.5 Å². The molecule has 4 aromatic rings. The zero-order valence-electron chi connectivity index (χ0n) is 16.7. The maximum atomic E-state index is 6.12. The van der Waals surface area contributed by atoms with Crippen LogP contribution in [0.2, 0.25) is 5.28 Å². The van der Waals surface area contributed by atoms with Crippen LogP contribution < -0.4 is 10.2 Å². The molecule has 2 N–H and O–H groups in total. The van der Waals surface area contributed by atoms with Crippen LogP contribution in [-0.2, 0) is 6.54 Å². The first-order valence-corrected chi connectivity index (χ1v) is 10.2. The fraction of sp³-hybridized carbons (Fsp3) is 0.174. The van der Waals surface area contributed by atoms with Crippen molar-refractivity contribution >= 4 is 40.3 Å². The van der Waals surface area contributed by atoms with Crippen LogP contribution >= 0.6 is 11.6 Å². The van der Waals surface area contributed by atoms with Gasteiger partial charge in [-0.15, -0.1) is 0 Å². The zero-order chi connectivity index (χ0) is 20.7. The number of fused-ring (bicyclic) bond motifs is 2. The third kappa shape index (κ3) is 3.29. The second-order valence-corrected chi connectivity index (χ2v) is 7.78. The lowest BCUT2D eigenvalue weighted by Gasteiger charge is -2.36. The Morgan fingerprint density at radius 3 is 2.77 bits per heavy atom. The zero-order valence-corrected chi connectivity index (χ0v) is 17.5. The number of aromatic amines is 1. The summed E-state index contributed by atoms with van der Waals surface area (Å²) in [5, 5.41) is 3.68. The number of aromatic nitrogens is 4. The van der Waals surface area contributed by atoms with Gasteiger partial charge in [0.15, 0.2) is 11.5 Å². The number of benzene rings is 2. The van der Waals surface area contributed by atoms with Crippen molar-refractivity contribution in [3.05, 3.63) is 82.5 Å². The molecule has 5 rings (SSSR count). The molecule has 3 heterocycles. The summed E-state index contributed by atoms with van der Waals surface area (Å²) in [6, 6.07) is 16.9. The molecule has 0 fully saturated rings. The summed E-state index contributed by atoms with van der Waals surface area (Å²) in [4.78, 5) is 18.2. The number of rotatable bonds is 4. The number of aryl methyl sites for hydroxylation is 1. The van der Waals surface area contributed by atoms with Crippen molar-refractivity contribution in [1.82, 2.24) is 19.9 Å². The second-order valence-electron chi connectivity index (χ2n) is 7.44. The summed E-state index contributed by atoms with van der Waals surface area (Å²) in [5.74, 6) is 0.638. The van der Waals surface area contributed by atoms with Crippen LogP contribution in [0.5, 0.6) is 0 Å². The summed E-state index contributed by atoms with van der Waals surface area (Å²) in [6.07, 6.45) is 3.85. The molecule has 150 valence electrons. The molecule has 0 saturated carbocycles. The Kier molecular flexibility index (Phi) is 4.64. The lowest BCUT2D eigenvalue weighted by Crippen LogP contribution is -2.35. The molecule has 0 saturated heterocycles. The van der Waals surface area contributed by atoms with Crippen molar-refractivity contribution in [3.63, 3.8) is 0 Å². The highest BCUT2D eigenvalue weighted by atomic mass is 35.5. The van der Waals surface area contributed by atoms with Gasteiger partial charge in [0, 0.05) is 17.9 Å². The number of para-hydroxylation sites is 1. The number of nitrogens with zero attached hydrogens (tertiary/aromatic N) is 4. The van der Waals surface area contributed by atoms with Crippen LogP contribution in [0.15, 0.2) is 60.6 Å². The number of nitrogens with one attached hydrogen (secondary N) is 2. The van der Waals surface area contributed by atoms with E-state index < -0.39 is 0 Å². The van der Waals surface area contributed by atoms with Gasteiger partial charge in [-0.05, 0) is 60.3 Å². The van der Waals surface area contributed by atoms with Gasteiger partial charge in [-0.3, -0.25) is 0 Å². The largest absolute Gasteiger partial charge is 0.360 e. The first kappa shape index (κ1) is 18.6. The third-order valence-electron chi connectivity index (χ3n) is 5.50. The van der Waals surface area contributed by atoms with Crippen molar-refractivity contribution < 1.29 is 0 Å². The molecular weight excluding hydrogens is 396 g/mol. The third-order valence-corrected chi connectivity index (χ3v) is 5.67. The summed E-state index contributed by atoms with van der Waals surface area (Å²) < 4.78 is 0. The van der Waals surface area contributed by atoms with Crippen LogP contribution in [-0.4, -0.2) is 26.0 Å². The quantitative estimate of drug-likeness (QED) is 0.449. The van der Waals surface area contributed by atoms with Gasteiger partial charge in [-0.1, -0.05) is 36.4 Å². The van der Waals surface area contributed by atoms with E-state index in [4.69, 9.17) is 11.6 Å². The Hall–Kier alpha value is -3.38. The van der Waals surface area contributed by atoms with E-state index in [1.54, 1.807) is 6.33 Å². The lowest BCUT2D eigenvalue weighted by atomic mass is 9.94. The number of H-pyrrole nitrogens is 1. The summed E-state index contributed by atoms with van der Waals surface area (Å²) >= 11 is 6.12. The highest BCUT2D eigenvalue weighted by Gasteiger charge is 2.25. The van der Waals surface area contributed by atoms with E-state index in [9.17, 15) is 0 Å². The SMILES string of the molecule is Cc1cccc2c1CN(c1ccccc1)C([C@H](C)Nc1nc(Cl)nc3nc[nH]c13)=C2. The maximum absolute atomic E-state index is 6.12. The average Bonchev–Trinajstić information content (AvgIpc) is 3.22. The molecule has 0 aliphatic carbocycles. The minimum atomic E-state index is -0.0312. The predicted molar refractivity (Wildman–Crippen MR) is 122 cm³/mol. The van der Waals surface area contributed by atoms with Gasteiger partial charge in [0.1, 0.15) is 5.52 Å². The first-order valence-electron chi connectivity index (χ1n) is 9.86. The fourth-order valence-corrected chi connectivity index (χ4v) is 4.12. The van der Waals surface area contributed by atoms with Gasteiger partial charge in [0.05, 0.1) is 12.4 Å². The number of halogens is 1. The molecule has 1 aliphatic rings. The molecular formula is C23H21ClN6. The van der Waals surface area contributed by atoms with E-state index >= 15 is 0 Å². The number of imidazole rings is 1. The smallest absolute Gasteiger partial charge is 0.226 e. The molecule has 30 heavy (non-hydrogen) atoms. The fourth-order valence-electron chi connectivity index (χ4n) is 3.96. The molecule has 0 spiro atoms. The lowest BCUT2D eigenvalue weighted by molar-refractivity contribution is 0.794. The highest BCUT2D eigenvalue weighted by molar-refractivity contribution is 6.28. The van der Waals surface area contributed by atoms with Crippen molar-refractivity contribution in [2.75, 3.05) is 10.2 Å². The van der Waals surface area contributed by atoms with E-state index in [-0.39, 0.29) is 11.3 Å². The van der Waals surface area contributed by atoms with Gasteiger partial charge in [0.2, 0.25) is 5.28 Å². The van der Waals surface area contributed by atoms with Crippen LogP contribution in [0.3, 0.4) is 0 Å². The van der Waals surface area contributed by atoms with Gasteiger partial charge in [0.25, 0.3) is 0 Å². The normalized spacial score (nSPS) is 14.4. The molecule has 1 atom stereocenters. The van der Waals surface area contributed by atoms with Crippen LogP contribution in [0.1, 0.15) is 23.6 Å². The number of anilines is 2. The number of hydrogen-bond acceptors (Lipinski definition) is 5. The Labute approximate surface area is 179 Å². The van der Waals surface area contributed by atoms with Crippen molar-refractivity contribution in [2.24, 2.45) is 0 Å². The van der Waals surface area contributed by atoms with Gasteiger partial charge in [-0.2, -0.15) is 9.97 Å². The monoisotopic (exact) mass is 416 g/mol. The van der Waals surface area contributed by atoms with E-state index in [2.05, 4.69) is 92.5 Å². The van der Waals surface area contributed by atoms with Crippen molar-refractivity contribution in [2.45, 2.75) is 26.4 Å². The molecule has 2 aromatic carbocycles. The van der Waals surface area contributed by atoms with Crippen molar-refractivity contribution in [3.8, 4) is 0 Å². The van der Waals surface area contributed by atoms with Crippen LogP contribution in [0.25, 0.3) is 17.2 Å². The molecule has 0 radical (unpaired) electrons. The molecule has 2 aromatic heterocycles. The van der Waals surface area contributed by atoms with E-state index in [1.807, 2.05) is 6.07 Å². The van der Waals surface area contributed by atoms with Gasteiger partial charge in [-0.25, -0.2) is 4.98 Å². The highest BCUT2D eigenvalue weighted by Crippen LogP contribution is 2.34. The topological polar surface area (TPSA) is 69.7 Å². The molecule has 7 heteroatoms. The summed E-state index contributed by atoms with van der Waals surface area (Å²) in [5.41, 5.74) is 7.48. The van der Waals surface area contributed by atoms with E-state index in [0.717, 1.165) is 23.4 Å². The molecule has 0 bridgehead atoms. The minimum Gasteiger partial charge on any atom is -0.360 e. The van der Waals surface area contributed by atoms with Crippen LogP contribution in [0, 0.1) is 6.92 Å². The Balaban J connectivity index is 1.57. The van der Waals surface area contributed by atoms with Crippen molar-refractivity contribution in [1.29, 1.82) is 0 Å². The summed E-state index contributed by atoms with van der Waals surface area (Å²) in [6.45, 7) is 5.11. The molecule has 0 unspecified atom stereocenters. The van der Waals surface area contributed by atoms with Gasteiger partial charge >= 0.3 is 0 Å². The predicted octanol–water partition coefficient (Wildman–Crippen LogP) is 5.18. The first-order chi connectivity index (χ1) is 14.6. The maximum Gasteiger partial charge on any atom is 0.226 e. The number of hydrogen-bond donors (Lipinski definition) is 2. The van der Waals surface area contributed by atoms with Gasteiger partial charge < -0.3 is 15.2 Å². The standard InChI is InChI=1S/C23H21ClN6/c1-14-7-6-8-16-11-19(30(12-18(14)16)17-9-4-3-5-10-17)15(2)27-22-20-21(26-13-25-20)28-23(24)29-22/h3-11,13,15H,12H2,1-2H3,(H2,25,26,27,28,29)/t15-/m0/s1. The Morgan fingerprint density at radius 1 is 1.10 bits per heavy atom. The summed E-state index contributed by atoms with van der Waals surface area (Å²) in [7, 11) is 0. The van der Waals surface area contributed by atoms with E-state index in [1.165, 1.54) is 16.7 Å². The Bertz CT molecular complexity index is 1250. The average molecular weight is 417 g/mol. The molecule has 6 nitrogen and oxygen atoms in total.